The number of hydrogen-bond donors (Lipinski definition) is 2. The number of thioether (sulfide) groups is 1. The third-order valence-electron chi connectivity index (χ3n) is 3.50. The van der Waals surface area contributed by atoms with Crippen molar-refractivity contribution in [3.63, 3.8) is 0 Å². The summed E-state index contributed by atoms with van der Waals surface area (Å²) in [6.07, 6.45) is 1.96. The number of carbonyl (C=O) groups excluding carboxylic acids is 1. The van der Waals surface area contributed by atoms with Crippen molar-refractivity contribution in [2.24, 2.45) is 5.92 Å². The Morgan fingerprint density at radius 3 is 2.68 bits per heavy atom. The lowest BCUT2D eigenvalue weighted by atomic mass is 9.97. The minimum absolute atomic E-state index is 0.0257. The Labute approximate surface area is 158 Å². The summed E-state index contributed by atoms with van der Waals surface area (Å²) in [6, 6.07) is 10.2. The fourth-order valence-corrected chi connectivity index (χ4v) is 3.96. The van der Waals surface area contributed by atoms with Gasteiger partial charge in [0.15, 0.2) is 4.34 Å². The third-order valence-corrected chi connectivity index (χ3v) is 5.52. The molecule has 0 saturated heterocycles. The molecule has 1 aromatic heterocycles. The minimum atomic E-state index is 0.0257. The highest BCUT2D eigenvalue weighted by molar-refractivity contribution is 8.01. The average Bonchev–Trinajstić information content (AvgIpc) is 3.06. The molecular weight excluding hydrogens is 352 g/mol. The molecule has 1 amide bonds. The Kier molecular flexibility index (Phi) is 8.21. The van der Waals surface area contributed by atoms with Crippen LogP contribution in [-0.4, -0.2) is 28.4 Å². The first-order valence-electron chi connectivity index (χ1n) is 8.63. The first-order chi connectivity index (χ1) is 12.1. The van der Waals surface area contributed by atoms with Crippen LogP contribution in [-0.2, 0) is 4.79 Å². The van der Waals surface area contributed by atoms with E-state index in [-0.39, 0.29) is 11.9 Å². The Balaban J connectivity index is 1.87. The van der Waals surface area contributed by atoms with Gasteiger partial charge in [-0.3, -0.25) is 4.79 Å². The lowest BCUT2D eigenvalue weighted by Crippen LogP contribution is -2.30. The molecule has 25 heavy (non-hydrogen) atoms. The summed E-state index contributed by atoms with van der Waals surface area (Å²) >= 11 is 2.92. The molecule has 1 atom stereocenters. The van der Waals surface area contributed by atoms with Crippen LogP contribution in [0.4, 0.5) is 5.13 Å². The van der Waals surface area contributed by atoms with Gasteiger partial charge in [-0.05, 0) is 24.3 Å². The topological polar surface area (TPSA) is 66.9 Å². The van der Waals surface area contributed by atoms with Crippen LogP contribution in [0.3, 0.4) is 0 Å². The van der Waals surface area contributed by atoms with Crippen LogP contribution in [0.25, 0.3) is 0 Å². The fourth-order valence-electron chi connectivity index (χ4n) is 2.37. The molecule has 1 unspecified atom stereocenters. The van der Waals surface area contributed by atoms with E-state index in [1.165, 1.54) is 23.1 Å². The Bertz CT molecular complexity index is 646. The highest BCUT2D eigenvalue weighted by atomic mass is 32.2. The molecule has 5 nitrogen and oxygen atoms in total. The first kappa shape index (κ1) is 19.7. The molecule has 2 aromatic rings. The third kappa shape index (κ3) is 7.04. The van der Waals surface area contributed by atoms with E-state index in [4.69, 9.17) is 0 Å². The maximum absolute atomic E-state index is 12.4. The predicted octanol–water partition coefficient (Wildman–Crippen LogP) is 4.36. The maximum atomic E-state index is 12.4. The first-order valence-corrected chi connectivity index (χ1v) is 10.4. The van der Waals surface area contributed by atoms with Gasteiger partial charge in [0.25, 0.3) is 0 Å². The van der Waals surface area contributed by atoms with Crippen molar-refractivity contribution in [1.82, 2.24) is 15.5 Å². The summed E-state index contributed by atoms with van der Waals surface area (Å²) in [6.45, 7) is 7.33. The van der Waals surface area contributed by atoms with Gasteiger partial charge in [0, 0.05) is 6.54 Å². The van der Waals surface area contributed by atoms with Crippen molar-refractivity contribution >= 4 is 34.1 Å². The van der Waals surface area contributed by atoms with Crippen molar-refractivity contribution in [1.29, 1.82) is 0 Å². The summed E-state index contributed by atoms with van der Waals surface area (Å²) in [5.41, 5.74) is 1.15. The van der Waals surface area contributed by atoms with E-state index in [1.54, 1.807) is 0 Å². The normalized spacial score (nSPS) is 12.2. The van der Waals surface area contributed by atoms with Crippen LogP contribution in [0.1, 0.15) is 45.2 Å². The second-order valence-electron chi connectivity index (χ2n) is 6.25. The highest BCUT2D eigenvalue weighted by Crippen LogP contribution is 2.26. The average molecular weight is 379 g/mol. The number of nitrogens with zero attached hydrogens (tertiary/aromatic N) is 2. The summed E-state index contributed by atoms with van der Waals surface area (Å²) in [4.78, 5) is 12.4. The Morgan fingerprint density at radius 1 is 1.24 bits per heavy atom. The van der Waals surface area contributed by atoms with Gasteiger partial charge in [-0.25, -0.2) is 0 Å². The number of nitrogens with one attached hydrogen (secondary N) is 2. The van der Waals surface area contributed by atoms with Crippen LogP contribution in [0.5, 0.6) is 0 Å². The summed E-state index contributed by atoms with van der Waals surface area (Å²) in [5, 5.41) is 15.4. The molecule has 2 N–H and O–H groups in total. The van der Waals surface area contributed by atoms with E-state index in [0.29, 0.717) is 11.7 Å². The predicted molar refractivity (Wildman–Crippen MR) is 106 cm³/mol. The van der Waals surface area contributed by atoms with E-state index < -0.39 is 0 Å². The summed E-state index contributed by atoms with van der Waals surface area (Å²) in [7, 11) is 0. The van der Waals surface area contributed by atoms with Gasteiger partial charge in [0.2, 0.25) is 11.0 Å². The van der Waals surface area contributed by atoms with Crippen LogP contribution < -0.4 is 10.6 Å². The van der Waals surface area contributed by atoms with Crippen LogP contribution >= 0.6 is 23.1 Å². The molecule has 0 bridgehead atoms. The molecule has 136 valence electrons. The number of hydrogen-bond acceptors (Lipinski definition) is 6. The number of carbonyl (C=O) groups is 1. The Hall–Kier alpha value is -1.60. The van der Waals surface area contributed by atoms with Crippen molar-refractivity contribution < 1.29 is 4.79 Å². The van der Waals surface area contributed by atoms with Crippen molar-refractivity contribution in [2.75, 3.05) is 17.6 Å². The number of anilines is 1. The number of aromatic nitrogens is 2. The molecule has 1 aromatic carbocycles. The van der Waals surface area contributed by atoms with E-state index in [9.17, 15) is 4.79 Å². The van der Waals surface area contributed by atoms with Gasteiger partial charge in [-0.1, -0.05) is 74.2 Å². The van der Waals surface area contributed by atoms with E-state index in [1.807, 2.05) is 18.2 Å². The van der Waals surface area contributed by atoms with Gasteiger partial charge in [0.05, 0.1) is 11.8 Å². The zero-order chi connectivity index (χ0) is 18.1. The summed E-state index contributed by atoms with van der Waals surface area (Å²) < 4.78 is 0.814. The molecule has 0 radical (unpaired) electrons. The van der Waals surface area contributed by atoms with Gasteiger partial charge < -0.3 is 10.6 Å². The molecule has 0 aliphatic rings. The van der Waals surface area contributed by atoms with Gasteiger partial charge >= 0.3 is 0 Å². The lowest BCUT2D eigenvalue weighted by molar-refractivity contribution is -0.119. The van der Waals surface area contributed by atoms with Gasteiger partial charge in [-0.2, -0.15) is 0 Å². The zero-order valence-electron chi connectivity index (χ0n) is 15.0. The van der Waals surface area contributed by atoms with Crippen molar-refractivity contribution in [3.8, 4) is 0 Å². The molecule has 0 fully saturated rings. The van der Waals surface area contributed by atoms with Crippen LogP contribution in [0.2, 0.25) is 0 Å². The minimum Gasteiger partial charge on any atom is -0.360 e. The van der Waals surface area contributed by atoms with E-state index in [0.717, 1.165) is 34.4 Å². The quantitative estimate of drug-likeness (QED) is 0.602. The molecule has 0 spiro atoms. The standard InChI is InChI=1S/C18H26N4OS2/c1-4-10-19-17-21-22-18(25-17)24-12-16(23)20-15(11-13(2)3)14-8-6-5-7-9-14/h5-9,13,15H,4,10-12H2,1-3H3,(H,19,21)(H,20,23). The molecular formula is C18H26N4OS2. The highest BCUT2D eigenvalue weighted by Gasteiger charge is 2.16. The number of amides is 1. The van der Waals surface area contributed by atoms with Gasteiger partial charge in [0.1, 0.15) is 0 Å². The second kappa shape index (κ2) is 10.4. The lowest BCUT2D eigenvalue weighted by Gasteiger charge is -2.21. The SMILES string of the molecule is CCCNc1nnc(SCC(=O)NC(CC(C)C)c2ccccc2)s1. The maximum Gasteiger partial charge on any atom is 0.230 e. The number of rotatable bonds is 10. The smallest absolute Gasteiger partial charge is 0.230 e. The zero-order valence-corrected chi connectivity index (χ0v) is 16.6. The van der Waals surface area contributed by atoms with Crippen molar-refractivity contribution in [2.45, 2.75) is 44.0 Å². The fraction of sp³-hybridized carbons (Fsp3) is 0.500. The molecule has 0 saturated carbocycles. The molecule has 7 heteroatoms. The van der Waals surface area contributed by atoms with Crippen LogP contribution in [0, 0.1) is 5.92 Å². The summed E-state index contributed by atoms with van der Waals surface area (Å²) in [5.74, 6) is 0.885. The monoisotopic (exact) mass is 378 g/mol. The molecule has 0 aliphatic heterocycles. The molecule has 2 rings (SSSR count). The molecule has 1 heterocycles. The second-order valence-corrected chi connectivity index (χ2v) is 8.45. The van der Waals surface area contributed by atoms with E-state index in [2.05, 4.69) is 53.7 Å². The number of benzene rings is 1. The van der Waals surface area contributed by atoms with E-state index >= 15 is 0 Å². The van der Waals surface area contributed by atoms with Crippen LogP contribution in [0.15, 0.2) is 34.7 Å². The Morgan fingerprint density at radius 2 is 2.00 bits per heavy atom. The van der Waals surface area contributed by atoms with Gasteiger partial charge in [-0.15, -0.1) is 10.2 Å². The molecule has 0 aliphatic carbocycles. The van der Waals surface area contributed by atoms with Crippen molar-refractivity contribution in [3.05, 3.63) is 35.9 Å². The largest absolute Gasteiger partial charge is 0.360 e.